The third kappa shape index (κ3) is 6.11. The largest absolute Gasteiger partial charge is 0.573 e. The average molecular weight is 475 g/mol. The minimum atomic E-state index is -4.76. The van der Waals surface area contributed by atoms with Crippen LogP contribution in [0.15, 0.2) is 54.6 Å². The zero-order valence-electron chi connectivity index (χ0n) is 19.3. The van der Waals surface area contributed by atoms with Crippen LogP contribution in [-0.4, -0.2) is 36.1 Å². The van der Waals surface area contributed by atoms with Crippen molar-refractivity contribution < 1.29 is 27.4 Å². The number of hydrogen-bond donors (Lipinski definition) is 1. The van der Waals surface area contributed by atoms with E-state index in [4.69, 9.17) is 4.74 Å². The van der Waals surface area contributed by atoms with Crippen LogP contribution in [0.1, 0.15) is 49.2 Å². The number of alkyl halides is 3. The molecule has 1 amide bonds. The maximum atomic E-state index is 13.2. The molecular weight excluding hydrogens is 445 g/mol. The Balaban J connectivity index is 1.54. The highest BCUT2D eigenvalue weighted by Crippen LogP contribution is 2.29. The first-order chi connectivity index (χ1) is 16.1. The molecule has 4 rings (SSSR count). The molecule has 0 radical (unpaired) electrons. The van der Waals surface area contributed by atoms with Gasteiger partial charge in [0.25, 0.3) is 5.91 Å². The summed E-state index contributed by atoms with van der Waals surface area (Å²) in [7, 11) is 0. The molecule has 1 aromatic heterocycles. The number of carbonyl (C=O) groups is 1. The lowest BCUT2D eigenvalue weighted by Gasteiger charge is -2.28. The summed E-state index contributed by atoms with van der Waals surface area (Å²) < 4.78 is 49.6. The maximum absolute atomic E-state index is 13.2. The quantitative estimate of drug-likeness (QED) is 0.441. The second-order valence-electron chi connectivity index (χ2n) is 9.56. The Bertz CT molecular complexity index is 1150. The first-order valence-corrected chi connectivity index (χ1v) is 11.4. The molecule has 1 N–H and O–H groups in total. The number of para-hydroxylation sites is 1. The molecule has 0 bridgehead atoms. The van der Waals surface area contributed by atoms with Gasteiger partial charge in [-0.1, -0.05) is 44.2 Å². The van der Waals surface area contributed by atoms with Crippen LogP contribution in [0.2, 0.25) is 0 Å². The standard InChI is InChI=1S/C26H29F3N2O3/c1-25(2,15-21-10-6-12-33-21)17-30-24(32)23-14-19-8-3-4-11-22(19)31(23)16-18-7-5-9-20(13-18)34-26(27,28)29/h3-5,7-9,11,13-14,21H,6,10,12,15-17H2,1-2H3,(H,30,32). The lowest BCUT2D eigenvalue weighted by Crippen LogP contribution is -2.36. The van der Waals surface area contributed by atoms with Crippen molar-refractivity contribution in [3.63, 3.8) is 0 Å². The third-order valence-corrected chi connectivity index (χ3v) is 6.05. The van der Waals surface area contributed by atoms with Crippen LogP contribution in [0, 0.1) is 5.41 Å². The summed E-state index contributed by atoms with van der Waals surface area (Å²) in [6.45, 7) is 5.72. The van der Waals surface area contributed by atoms with Gasteiger partial charge in [-0.05, 0) is 54.5 Å². The molecule has 2 heterocycles. The number of nitrogens with one attached hydrogen (secondary N) is 1. The first-order valence-electron chi connectivity index (χ1n) is 11.4. The van der Waals surface area contributed by atoms with Crippen molar-refractivity contribution in [2.45, 2.75) is 52.1 Å². The number of fused-ring (bicyclic) bond motifs is 1. The Morgan fingerprint density at radius 3 is 2.68 bits per heavy atom. The monoisotopic (exact) mass is 474 g/mol. The summed E-state index contributed by atoms with van der Waals surface area (Å²) in [6.07, 6.45) is -1.56. The van der Waals surface area contributed by atoms with Crippen molar-refractivity contribution in [3.05, 3.63) is 65.9 Å². The van der Waals surface area contributed by atoms with E-state index in [9.17, 15) is 18.0 Å². The van der Waals surface area contributed by atoms with E-state index >= 15 is 0 Å². The normalized spacial score (nSPS) is 16.7. The van der Waals surface area contributed by atoms with Gasteiger partial charge in [-0.15, -0.1) is 13.2 Å². The van der Waals surface area contributed by atoms with Gasteiger partial charge in [-0.3, -0.25) is 4.79 Å². The molecule has 0 spiro atoms. The topological polar surface area (TPSA) is 52.5 Å². The van der Waals surface area contributed by atoms with E-state index in [1.54, 1.807) is 6.07 Å². The number of rotatable bonds is 8. The Morgan fingerprint density at radius 2 is 1.94 bits per heavy atom. The molecule has 1 fully saturated rings. The van der Waals surface area contributed by atoms with Crippen LogP contribution in [0.3, 0.4) is 0 Å². The highest BCUT2D eigenvalue weighted by atomic mass is 19.4. The van der Waals surface area contributed by atoms with Gasteiger partial charge in [0.1, 0.15) is 11.4 Å². The number of nitrogens with zero attached hydrogens (tertiary/aromatic N) is 1. The Hall–Kier alpha value is -3.00. The van der Waals surface area contributed by atoms with E-state index in [1.807, 2.05) is 34.9 Å². The van der Waals surface area contributed by atoms with E-state index in [0.29, 0.717) is 17.8 Å². The molecule has 1 aliphatic rings. The molecule has 1 aliphatic heterocycles. The molecule has 34 heavy (non-hydrogen) atoms. The summed E-state index contributed by atoms with van der Waals surface area (Å²) in [5, 5.41) is 3.94. The molecule has 8 heteroatoms. The van der Waals surface area contributed by atoms with Crippen LogP contribution in [0.5, 0.6) is 5.75 Å². The van der Waals surface area contributed by atoms with Gasteiger partial charge < -0.3 is 19.4 Å². The molecule has 5 nitrogen and oxygen atoms in total. The van der Waals surface area contributed by atoms with E-state index in [1.165, 1.54) is 18.2 Å². The maximum Gasteiger partial charge on any atom is 0.573 e. The average Bonchev–Trinajstić information content (AvgIpc) is 3.39. The highest BCUT2D eigenvalue weighted by molar-refractivity contribution is 5.98. The van der Waals surface area contributed by atoms with Crippen LogP contribution in [0.4, 0.5) is 13.2 Å². The summed E-state index contributed by atoms with van der Waals surface area (Å²) in [6, 6.07) is 15.2. The minimum absolute atomic E-state index is 0.134. The van der Waals surface area contributed by atoms with E-state index in [2.05, 4.69) is 23.9 Å². The van der Waals surface area contributed by atoms with Crippen LogP contribution in [-0.2, 0) is 11.3 Å². The number of halogens is 3. The minimum Gasteiger partial charge on any atom is -0.406 e. The number of hydrogen-bond acceptors (Lipinski definition) is 3. The Labute approximate surface area is 196 Å². The van der Waals surface area contributed by atoms with Crippen molar-refractivity contribution in [3.8, 4) is 5.75 Å². The molecule has 1 saturated heterocycles. The fraction of sp³-hybridized carbons (Fsp3) is 0.423. The van der Waals surface area contributed by atoms with Crippen LogP contribution >= 0.6 is 0 Å². The number of aromatic nitrogens is 1. The van der Waals surface area contributed by atoms with Crippen molar-refractivity contribution in [1.82, 2.24) is 9.88 Å². The SMILES string of the molecule is CC(C)(CNC(=O)c1cc2ccccc2n1Cc1cccc(OC(F)(F)F)c1)CC1CCCO1. The fourth-order valence-electron chi connectivity index (χ4n) is 4.50. The number of benzene rings is 2. The van der Waals surface area contributed by atoms with Crippen molar-refractivity contribution in [2.24, 2.45) is 5.41 Å². The second kappa shape index (κ2) is 9.70. The fourth-order valence-corrected chi connectivity index (χ4v) is 4.50. The Morgan fingerprint density at radius 1 is 1.15 bits per heavy atom. The molecule has 0 saturated carbocycles. The summed E-state index contributed by atoms with van der Waals surface area (Å²) >= 11 is 0. The van der Waals surface area contributed by atoms with Gasteiger partial charge in [-0.2, -0.15) is 0 Å². The highest BCUT2D eigenvalue weighted by Gasteiger charge is 2.31. The predicted molar refractivity (Wildman–Crippen MR) is 124 cm³/mol. The lowest BCUT2D eigenvalue weighted by molar-refractivity contribution is -0.274. The molecule has 2 aromatic carbocycles. The van der Waals surface area contributed by atoms with Crippen LogP contribution in [0.25, 0.3) is 10.9 Å². The summed E-state index contributed by atoms with van der Waals surface area (Å²) in [5.74, 6) is -0.511. The smallest absolute Gasteiger partial charge is 0.406 e. The molecule has 1 unspecified atom stereocenters. The Kier molecular flexibility index (Phi) is 6.89. The number of carbonyl (C=O) groups excluding carboxylic acids is 1. The zero-order valence-corrected chi connectivity index (χ0v) is 19.3. The van der Waals surface area contributed by atoms with Gasteiger partial charge in [0.05, 0.1) is 6.10 Å². The van der Waals surface area contributed by atoms with Crippen molar-refractivity contribution >= 4 is 16.8 Å². The molecule has 1 atom stereocenters. The summed E-state index contributed by atoms with van der Waals surface area (Å²) in [4.78, 5) is 13.2. The molecule has 0 aliphatic carbocycles. The first kappa shape index (κ1) is 24.1. The summed E-state index contributed by atoms with van der Waals surface area (Å²) in [5.41, 5.74) is 1.74. The number of ether oxygens (including phenoxy) is 2. The van der Waals surface area contributed by atoms with Crippen molar-refractivity contribution in [2.75, 3.05) is 13.2 Å². The lowest BCUT2D eigenvalue weighted by atomic mass is 9.86. The molecule has 182 valence electrons. The van der Waals surface area contributed by atoms with Gasteiger partial charge in [-0.25, -0.2) is 0 Å². The van der Waals surface area contributed by atoms with Gasteiger partial charge >= 0.3 is 6.36 Å². The number of amides is 1. The van der Waals surface area contributed by atoms with Gasteiger partial charge in [0.2, 0.25) is 0 Å². The van der Waals surface area contributed by atoms with E-state index in [0.717, 1.165) is 36.8 Å². The van der Waals surface area contributed by atoms with Gasteiger partial charge in [0, 0.05) is 30.6 Å². The zero-order chi connectivity index (χ0) is 24.3. The van der Waals surface area contributed by atoms with Gasteiger partial charge in [0.15, 0.2) is 0 Å². The van der Waals surface area contributed by atoms with E-state index in [-0.39, 0.29) is 29.7 Å². The predicted octanol–water partition coefficient (Wildman–Crippen LogP) is 5.91. The molecule has 3 aromatic rings. The third-order valence-electron chi connectivity index (χ3n) is 6.05. The van der Waals surface area contributed by atoms with Crippen LogP contribution < -0.4 is 10.1 Å². The van der Waals surface area contributed by atoms with Crippen molar-refractivity contribution in [1.29, 1.82) is 0 Å². The second-order valence-corrected chi connectivity index (χ2v) is 9.56. The molecular formula is C26H29F3N2O3. The van der Waals surface area contributed by atoms with E-state index < -0.39 is 6.36 Å².